The van der Waals surface area contributed by atoms with Gasteiger partial charge in [-0.25, -0.2) is 0 Å². The first-order valence-electron chi connectivity index (χ1n) is 6.58. The van der Waals surface area contributed by atoms with E-state index in [0.717, 1.165) is 29.9 Å². The fourth-order valence-corrected chi connectivity index (χ4v) is 3.25. The summed E-state index contributed by atoms with van der Waals surface area (Å²) in [7, 11) is 3.24. The Morgan fingerprint density at radius 1 is 1.32 bits per heavy atom. The molecule has 2 aliphatic rings. The molecule has 0 bridgehead atoms. The first kappa shape index (κ1) is 12.3. The Labute approximate surface area is 112 Å². The lowest BCUT2D eigenvalue weighted by molar-refractivity contribution is -0.136. The van der Waals surface area contributed by atoms with Crippen LogP contribution < -0.4 is 14.2 Å². The maximum Gasteiger partial charge on any atom is 0.176 e. The number of fused-ring (bicyclic) bond motifs is 3. The van der Waals surface area contributed by atoms with Gasteiger partial charge in [-0.05, 0) is 19.8 Å². The number of carbonyl (C=O) groups excluding carboxylic acids is 1. The number of hydrogen-bond acceptors (Lipinski definition) is 4. The van der Waals surface area contributed by atoms with Crippen LogP contribution in [0.1, 0.15) is 37.7 Å². The van der Waals surface area contributed by atoms with E-state index in [2.05, 4.69) is 0 Å². The van der Waals surface area contributed by atoms with Crippen LogP contribution in [-0.2, 0) is 4.79 Å². The first-order valence-corrected chi connectivity index (χ1v) is 6.58. The Bertz CT molecular complexity index is 537. The molecule has 2 atom stereocenters. The molecule has 3 rings (SSSR count). The van der Waals surface area contributed by atoms with Gasteiger partial charge >= 0.3 is 0 Å². The predicted octanol–water partition coefficient (Wildman–Crippen LogP) is 2.69. The van der Waals surface area contributed by atoms with E-state index in [-0.39, 0.29) is 11.7 Å². The van der Waals surface area contributed by atoms with E-state index in [1.54, 1.807) is 14.2 Å². The zero-order chi connectivity index (χ0) is 13.6. The molecule has 1 aromatic carbocycles. The van der Waals surface area contributed by atoms with Crippen LogP contribution in [-0.4, -0.2) is 25.6 Å². The number of benzene rings is 1. The third-order valence-electron chi connectivity index (χ3n) is 4.32. The Balaban J connectivity index is 2.15. The van der Waals surface area contributed by atoms with Gasteiger partial charge in [0.1, 0.15) is 17.2 Å². The lowest BCUT2D eigenvalue weighted by atomic mass is 9.73. The van der Waals surface area contributed by atoms with Gasteiger partial charge in [0.05, 0.1) is 14.2 Å². The molecule has 4 heteroatoms. The summed E-state index contributed by atoms with van der Waals surface area (Å²) in [5.41, 5.74) is 0.277. The van der Waals surface area contributed by atoms with Gasteiger partial charge in [0.15, 0.2) is 11.4 Å². The molecule has 0 spiro atoms. The van der Waals surface area contributed by atoms with Crippen molar-refractivity contribution in [2.24, 2.45) is 0 Å². The number of hydrogen-bond donors (Lipinski definition) is 0. The number of methoxy groups -OCH3 is 2. The number of carbonyl (C=O) groups is 1. The van der Waals surface area contributed by atoms with Crippen molar-refractivity contribution in [2.75, 3.05) is 14.2 Å². The second-order valence-electron chi connectivity index (χ2n) is 5.32. The van der Waals surface area contributed by atoms with E-state index >= 15 is 0 Å². The number of ketones is 1. The lowest BCUT2D eigenvalue weighted by Gasteiger charge is -2.33. The average Bonchev–Trinajstić information content (AvgIpc) is 2.72. The molecule has 0 unspecified atom stereocenters. The molecule has 0 saturated heterocycles. The number of ether oxygens (including phenoxy) is 3. The minimum Gasteiger partial charge on any atom is -0.496 e. The average molecular weight is 262 g/mol. The molecule has 0 N–H and O–H groups in total. The van der Waals surface area contributed by atoms with Crippen LogP contribution >= 0.6 is 0 Å². The monoisotopic (exact) mass is 262 g/mol. The van der Waals surface area contributed by atoms with Crippen molar-refractivity contribution in [3.63, 3.8) is 0 Å². The summed E-state index contributed by atoms with van der Waals surface area (Å²) >= 11 is 0. The molecule has 4 nitrogen and oxygen atoms in total. The summed E-state index contributed by atoms with van der Waals surface area (Å²) in [5, 5.41) is 0. The molecule has 19 heavy (non-hydrogen) atoms. The van der Waals surface area contributed by atoms with Crippen LogP contribution in [0, 0.1) is 0 Å². The third-order valence-corrected chi connectivity index (χ3v) is 4.32. The molecule has 0 amide bonds. The third kappa shape index (κ3) is 1.62. The van der Waals surface area contributed by atoms with Gasteiger partial charge in [-0.2, -0.15) is 0 Å². The summed E-state index contributed by atoms with van der Waals surface area (Å²) in [6.45, 7) is 1.89. The molecule has 102 valence electrons. The van der Waals surface area contributed by atoms with Crippen LogP contribution in [0.15, 0.2) is 12.1 Å². The molecular formula is C15H18O4. The minimum atomic E-state index is -0.736. The number of rotatable bonds is 2. The smallest absolute Gasteiger partial charge is 0.176 e. The van der Waals surface area contributed by atoms with Gasteiger partial charge in [0.25, 0.3) is 0 Å². The fourth-order valence-electron chi connectivity index (χ4n) is 3.25. The Hall–Kier alpha value is -1.71. The molecule has 0 radical (unpaired) electrons. The van der Waals surface area contributed by atoms with Gasteiger partial charge in [-0.3, -0.25) is 4.79 Å². The highest BCUT2D eigenvalue weighted by atomic mass is 16.5. The lowest BCUT2D eigenvalue weighted by Crippen LogP contribution is -2.45. The highest BCUT2D eigenvalue weighted by Crippen LogP contribution is 2.55. The second kappa shape index (κ2) is 4.15. The molecule has 1 fully saturated rings. The molecule has 1 heterocycles. The molecule has 1 aliphatic heterocycles. The largest absolute Gasteiger partial charge is 0.496 e. The SMILES string of the molecule is COc1cc(OC)c2c(c1)O[C@]1(C)C(=O)CCC[C@H]21. The molecule has 1 aliphatic carbocycles. The van der Waals surface area contributed by atoms with E-state index in [0.29, 0.717) is 12.2 Å². The van der Waals surface area contributed by atoms with Crippen LogP contribution in [0.2, 0.25) is 0 Å². The van der Waals surface area contributed by atoms with Crippen LogP contribution in [0.4, 0.5) is 0 Å². The van der Waals surface area contributed by atoms with Gasteiger partial charge < -0.3 is 14.2 Å². The number of Topliss-reactive ketones (excluding diaryl/α,β-unsaturated/α-hetero) is 1. The highest BCUT2D eigenvalue weighted by Gasteiger charge is 2.53. The summed E-state index contributed by atoms with van der Waals surface area (Å²) in [6.07, 6.45) is 2.47. The fraction of sp³-hybridized carbons (Fsp3) is 0.533. The van der Waals surface area contributed by atoms with Crippen LogP contribution in [0.25, 0.3) is 0 Å². The standard InChI is InChI=1S/C15H18O4/c1-15-10(5-4-6-13(15)16)14-11(18-3)7-9(17-2)8-12(14)19-15/h7-8,10H,4-6H2,1-3H3/t10-,15+/m1/s1. The predicted molar refractivity (Wildman–Crippen MR) is 70.2 cm³/mol. The summed E-state index contributed by atoms with van der Waals surface area (Å²) in [5.74, 6) is 2.42. The van der Waals surface area contributed by atoms with E-state index < -0.39 is 5.60 Å². The van der Waals surface area contributed by atoms with E-state index in [9.17, 15) is 4.79 Å². The zero-order valence-electron chi connectivity index (χ0n) is 11.5. The van der Waals surface area contributed by atoms with Crippen LogP contribution in [0.5, 0.6) is 17.2 Å². The maximum absolute atomic E-state index is 12.2. The van der Waals surface area contributed by atoms with Crippen molar-refractivity contribution in [2.45, 2.75) is 37.7 Å². The quantitative estimate of drug-likeness (QED) is 0.822. The van der Waals surface area contributed by atoms with Gasteiger partial charge in [-0.15, -0.1) is 0 Å². The van der Waals surface area contributed by atoms with E-state index in [1.165, 1.54) is 0 Å². The first-order chi connectivity index (χ1) is 9.10. The zero-order valence-corrected chi connectivity index (χ0v) is 11.5. The molecule has 1 saturated carbocycles. The van der Waals surface area contributed by atoms with E-state index in [4.69, 9.17) is 14.2 Å². The summed E-state index contributed by atoms with van der Waals surface area (Å²) < 4.78 is 16.7. The van der Waals surface area contributed by atoms with Crippen molar-refractivity contribution in [1.29, 1.82) is 0 Å². The van der Waals surface area contributed by atoms with Crippen molar-refractivity contribution in [3.05, 3.63) is 17.7 Å². The topological polar surface area (TPSA) is 44.8 Å². The van der Waals surface area contributed by atoms with Crippen molar-refractivity contribution < 1.29 is 19.0 Å². The highest BCUT2D eigenvalue weighted by molar-refractivity contribution is 5.91. The van der Waals surface area contributed by atoms with Gasteiger partial charge in [-0.1, -0.05) is 0 Å². The molecule has 0 aromatic heterocycles. The molecular weight excluding hydrogens is 244 g/mol. The normalized spacial score (nSPS) is 28.4. The van der Waals surface area contributed by atoms with E-state index in [1.807, 2.05) is 19.1 Å². The second-order valence-corrected chi connectivity index (χ2v) is 5.32. The van der Waals surface area contributed by atoms with Crippen molar-refractivity contribution in [1.82, 2.24) is 0 Å². The maximum atomic E-state index is 12.2. The van der Waals surface area contributed by atoms with Gasteiger partial charge in [0, 0.05) is 30.0 Å². The van der Waals surface area contributed by atoms with Crippen molar-refractivity contribution in [3.8, 4) is 17.2 Å². The molecule has 1 aromatic rings. The Kier molecular flexibility index (Phi) is 2.69. The minimum absolute atomic E-state index is 0.0876. The summed E-state index contributed by atoms with van der Waals surface area (Å²) in [4.78, 5) is 12.2. The van der Waals surface area contributed by atoms with Crippen LogP contribution in [0.3, 0.4) is 0 Å². The summed E-state index contributed by atoms with van der Waals surface area (Å²) in [6, 6.07) is 3.70. The van der Waals surface area contributed by atoms with Gasteiger partial charge in [0.2, 0.25) is 0 Å². The Morgan fingerprint density at radius 3 is 2.79 bits per heavy atom. The Morgan fingerprint density at radius 2 is 2.11 bits per heavy atom. The van der Waals surface area contributed by atoms with Crippen molar-refractivity contribution >= 4 is 5.78 Å².